The Hall–Kier alpha value is -1.95. The highest BCUT2D eigenvalue weighted by Gasteiger charge is 2.20. The number of nitrogens with one attached hydrogen (secondary N) is 1. The average Bonchev–Trinajstić information content (AvgIpc) is 2.57. The van der Waals surface area contributed by atoms with Crippen LogP contribution in [0.3, 0.4) is 0 Å². The van der Waals surface area contributed by atoms with E-state index in [1.165, 1.54) is 4.90 Å². The lowest BCUT2D eigenvalue weighted by Gasteiger charge is -2.34. The molecule has 0 radical (unpaired) electrons. The van der Waals surface area contributed by atoms with Gasteiger partial charge in [0.1, 0.15) is 11.9 Å². The van der Waals surface area contributed by atoms with Crippen LogP contribution in [0.5, 0.6) is 5.75 Å². The fraction of sp³-hybridized carbons (Fsp3) is 0.562. The summed E-state index contributed by atoms with van der Waals surface area (Å²) in [4.78, 5) is 14.6. The number of piperazine rings is 1. The Kier molecular flexibility index (Phi) is 4.68. The maximum absolute atomic E-state index is 10.9. The molecule has 0 aliphatic carbocycles. The Balaban J connectivity index is 1.54. The van der Waals surface area contributed by atoms with E-state index < -0.39 is 6.09 Å². The van der Waals surface area contributed by atoms with Crippen molar-refractivity contribution in [1.82, 2.24) is 10.2 Å². The van der Waals surface area contributed by atoms with Gasteiger partial charge < -0.3 is 25.0 Å². The van der Waals surface area contributed by atoms with Crippen molar-refractivity contribution in [2.75, 3.05) is 44.2 Å². The number of carbonyl (C=O) groups is 1. The van der Waals surface area contributed by atoms with E-state index in [1.807, 2.05) is 12.1 Å². The summed E-state index contributed by atoms with van der Waals surface area (Å²) in [6.07, 6.45) is 1.59. The summed E-state index contributed by atoms with van der Waals surface area (Å²) in [5.74, 6) is 0.917. The third-order valence-corrected chi connectivity index (χ3v) is 4.34. The summed E-state index contributed by atoms with van der Waals surface area (Å²) >= 11 is 0. The van der Waals surface area contributed by atoms with Crippen LogP contribution in [0.15, 0.2) is 24.3 Å². The quantitative estimate of drug-likeness (QED) is 0.888. The third-order valence-electron chi connectivity index (χ3n) is 4.34. The van der Waals surface area contributed by atoms with Gasteiger partial charge in [-0.15, -0.1) is 0 Å². The van der Waals surface area contributed by atoms with Crippen LogP contribution in [-0.4, -0.2) is 61.5 Å². The molecule has 2 fully saturated rings. The highest BCUT2D eigenvalue weighted by molar-refractivity contribution is 5.65. The summed E-state index contributed by atoms with van der Waals surface area (Å²) in [6.45, 7) is 4.64. The molecule has 120 valence electrons. The van der Waals surface area contributed by atoms with Crippen LogP contribution in [0.2, 0.25) is 0 Å². The van der Waals surface area contributed by atoms with Gasteiger partial charge in [0.05, 0.1) is 0 Å². The lowest BCUT2D eigenvalue weighted by Crippen LogP contribution is -2.48. The molecular weight excluding hydrogens is 282 g/mol. The first-order valence-corrected chi connectivity index (χ1v) is 7.92. The largest absolute Gasteiger partial charge is 0.490 e. The molecular formula is C16H23N3O3. The molecule has 0 bridgehead atoms. The summed E-state index contributed by atoms with van der Waals surface area (Å²) < 4.78 is 6.00. The normalized spacial score (nSPS) is 20.0. The molecule has 0 saturated carbocycles. The minimum Gasteiger partial charge on any atom is -0.490 e. The van der Waals surface area contributed by atoms with E-state index in [9.17, 15) is 4.79 Å². The van der Waals surface area contributed by atoms with Gasteiger partial charge in [0, 0.05) is 31.9 Å². The first kappa shape index (κ1) is 15.0. The van der Waals surface area contributed by atoms with Gasteiger partial charge in [0.2, 0.25) is 0 Å². The lowest BCUT2D eigenvalue weighted by molar-refractivity contribution is 0.142. The van der Waals surface area contributed by atoms with Gasteiger partial charge in [-0.3, -0.25) is 0 Å². The molecule has 2 heterocycles. The zero-order valence-corrected chi connectivity index (χ0v) is 12.7. The Morgan fingerprint density at radius 1 is 1.09 bits per heavy atom. The van der Waals surface area contributed by atoms with Crippen molar-refractivity contribution in [2.24, 2.45) is 0 Å². The van der Waals surface area contributed by atoms with Crippen LogP contribution in [0, 0.1) is 0 Å². The maximum atomic E-state index is 10.9. The number of amides is 1. The fourth-order valence-corrected chi connectivity index (χ4v) is 3.00. The van der Waals surface area contributed by atoms with Crippen molar-refractivity contribution in [2.45, 2.75) is 18.9 Å². The molecule has 1 aromatic carbocycles. The predicted molar refractivity (Wildman–Crippen MR) is 84.8 cm³/mol. The molecule has 2 aliphatic heterocycles. The molecule has 2 N–H and O–H groups in total. The SMILES string of the molecule is O=C(O)N1CCN(c2ccc(OC3CCNCC3)cc2)CC1. The Bertz CT molecular complexity index is 492. The molecule has 22 heavy (non-hydrogen) atoms. The van der Waals surface area contributed by atoms with Crippen molar-refractivity contribution in [3.8, 4) is 5.75 Å². The van der Waals surface area contributed by atoms with E-state index in [2.05, 4.69) is 22.3 Å². The summed E-state index contributed by atoms with van der Waals surface area (Å²) in [7, 11) is 0. The van der Waals surface area contributed by atoms with Crippen molar-refractivity contribution in [3.05, 3.63) is 24.3 Å². The second kappa shape index (κ2) is 6.87. The molecule has 2 saturated heterocycles. The minimum atomic E-state index is -0.828. The number of anilines is 1. The first-order valence-electron chi connectivity index (χ1n) is 7.92. The highest BCUT2D eigenvalue weighted by Crippen LogP contribution is 2.22. The molecule has 6 heteroatoms. The molecule has 0 unspecified atom stereocenters. The molecule has 3 rings (SSSR count). The van der Waals surface area contributed by atoms with Gasteiger partial charge in [-0.2, -0.15) is 0 Å². The van der Waals surface area contributed by atoms with Gasteiger partial charge >= 0.3 is 6.09 Å². The second-order valence-corrected chi connectivity index (χ2v) is 5.82. The standard InChI is InChI=1S/C16H23N3O3/c20-16(21)19-11-9-18(10-12-19)13-1-3-14(4-2-13)22-15-5-7-17-8-6-15/h1-4,15,17H,5-12H2,(H,20,21). The zero-order chi connectivity index (χ0) is 15.4. The lowest BCUT2D eigenvalue weighted by atomic mass is 10.1. The minimum absolute atomic E-state index is 0.311. The predicted octanol–water partition coefficient (Wildman–Crippen LogP) is 1.62. The Morgan fingerprint density at radius 2 is 1.73 bits per heavy atom. The van der Waals surface area contributed by atoms with Crippen LogP contribution >= 0.6 is 0 Å². The van der Waals surface area contributed by atoms with Crippen LogP contribution in [0.4, 0.5) is 10.5 Å². The van der Waals surface area contributed by atoms with Gasteiger partial charge in [0.15, 0.2) is 0 Å². The van der Waals surface area contributed by atoms with E-state index in [1.54, 1.807) is 0 Å². The summed E-state index contributed by atoms with van der Waals surface area (Å²) in [5, 5.41) is 12.3. The Labute approximate surface area is 130 Å². The molecule has 1 aromatic rings. The van der Waals surface area contributed by atoms with Crippen LogP contribution in [-0.2, 0) is 0 Å². The summed E-state index contributed by atoms with van der Waals surface area (Å²) in [5.41, 5.74) is 1.13. The maximum Gasteiger partial charge on any atom is 0.407 e. The molecule has 0 atom stereocenters. The number of hydrogen-bond donors (Lipinski definition) is 2. The van der Waals surface area contributed by atoms with E-state index in [-0.39, 0.29) is 0 Å². The van der Waals surface area contributed by atoms with Gasteiger partial charge in [-0.05, 0) is 50.2 Å². The zero-order valence-electron chi connectivity index (χ0n) is 12.7. The van der Waals surface area contributed by atoms with Crippen molar-refractivity contribution < 1.29 is 14.6 Å². The number of carboxylic acid groups (broad SMARTS) is 1. The Morgan fingerprint density at radius 3 is 2.32 bits per heavy atom. The number of rotatable bonds is 3. The molecule has 6 nitrogen and oxygen atoms in total. The number of hydrogen-bond acceptors (Lipinski definition) is 4. The van der Waals surface area contributed by atoms with E-state index >= 15 is 0 Å². The van der Waals surface area contributed by atoms with Crippen molar-refractivity contribution in [1.29, 1.82) is 0 Å². The van der Waals surface area contributed by atoms with Gasteiger partial charge in [-0.1, -0.05) is 0 Å². The monoisotopic (exact) mass is 305 g/mol. The first-order chi connectivity index (χ1) is 10.7. The van der Waals surface area contributed by atoms with Crippen LogP contribution in [0.1, 0.15) is 12.8 Å². The van der Waals surface area contributed by atoms with Crippen molar-refractivity contribution in [3.63, 3.8) is 0 Å². The number of piperidine rings is 1. The highest BCUT2D eigenvalue weighted by atomic mass is 16.5. The molecule has 0 spiro atoms. The number of benzene rings is 1. The smallest absolute Gasteiger partial charge is 0.407 e. The van der Waals surface area contributed by atoms with E-state index in [0.29, 0.717) is 19.2 Å². The topological polar surface area (TPSA) is 65.0 Å². The average molecular weight is 305 g/mol. The number of ether oxygens (including phenoxy) is 1. The third kappa shape index (κ3) is 3.62. The molecule has 1 amide bonds. The van der Waals surface area contributed by atoms with Crippen LogP contribution in [0.25, 0.3) is 0 Å². The van der Waals surface area contributed by atoms with Gasteiger partial charge in [0.25, 0.3) is 0 Å². The van der Waals surface area contributed by atoms with Gasteiger partial charge in [-0.25, -0.2) is 4.79 Å². The van der Waals surface area contributed by atoms with E-state index in [4.69, 9.17) is 9.84 Å². The molecule has 0 aromatic heterocycles. The van der Waals surface area contributed by atoms with E-state index in [0.717, 1.165) is 50.5 Å². The molecule has 2 aliphatic rings. The fourth-order valence-electron chi connectivity index (χ4n) is 3.00. The summed E-state index contributed by atoms with van der Waals surface area (Å²) in [6, 6.07) is 8.15. The van der Waals surface area contributed by atoms with Crippen LogP contribution < -0.4 is 15.0 Å². The number of nitrogens with zero attached hydrogens (tertiary/aromatic N) is 2. The van der Waals surface area contributed by atoms with Crippen molar-refractivity contribution >= 4 is 11.8 Å². The second-order valence-electron chi connectivity index (χ2n) is 5.82.